The molecule has 1 saturated heterocycles. The molecule has 1 saturated carbocycles. The molecule has 0 radical (unpaired) electrons. The standard InChI is InChI=1S/C24H38N2/c1-19(2)21-9-14-25-23-8-7-20(17-22(21)23)18-26-15-6-12-24(13-16-26)10-4-3-5-11-24/h7-8,17,19,21,25H,3-6,9-16,18H2,1-2H3. The highest BCUT2D eigenvalue weighted by molar-refractivity contribution is 5.56. The third-order valence-corrected chi connectivity index (χ3v) is 7.55. The molecule has 26 heavy (non-hydrogen) atoms. The highest BCUT2D eigenvalue weighted by Crippen LogP contribution is 2.44. The number of nitrogens with zero attached hydrogens (tertiary/aromatic N) is 1. The van der Waals surface area contributed by atoms with Gasteiger partial charge in [0, 0.05) is 18.8 Å². The lowest BCUT2D eigenvalue weighted by molar-refractivity contribution is 0.157. The first-order valence-corrected chi connectivity index (χ1v) is 11.2. The maximum Gasteiger partial charge on any atom is 0.0375 e. The lowest BCUT2D eigenvalue weighted by Crippen LogP contribution is -2.28. The summed E-state index contributed by atoms with van der Waals surface area (Å²) in [4.78, 5) is 2.74. The van der Waals surface area contributed by atoms with Gasteiger partial charge in [0.2, 0.25) is 0 Å². The van der Waals surface area contributed by atoms with Crippen molar-refractivity contribution in [2.45, 2.75) is 84.1 Å². The summed E-state index contributed by atoms with van der Waals surface area (Å²) in [6, 6.07) is 7.24. The molecule has 1 atom stereocenters. The molecule has 0 bridgehead atoms. The Bertz CT molecular complexity index is 600. The molecule has 0 aromatic heterocycles. The van der Waals surface area contributed by atoms with E-state index in [1.54, 1.807) is 5.56 Å². The highest BCUT2D eigenvalue weighted by atomic mass is 15.1. The van der Waals surface area contributed by atoms with Gasteiger partial charge in [-0.05, 0) is 86.1 Å². The van der Waals surface area contributed by atoms with Gasteiger partial charge < -0.3 is 5.32 Å². The molecule has 144 valence electrons. The van der Waals surface area contributed by atoms with Crippen LogP contribution in [0.1, 0.15) is 88.7 Å². The summed E-state index contributed by atoms with van der Waals surface area (Å²) < 4.78 is 0. The number of hydrogen-bond donors (Lipinski definition) is 1. The predicted molar refractivity (Wildman–Crippen MR) is 112 cm³/mol. The van der Waals surface area contributed by atoms with E-state index in [4.69, 9.17) is 0 Å². The van der Waals surface area contributed by atoms with Crippen LogP contribution in [0.2, 0.25) is 0 Å². The molecular weight excluding hydrogens is 316 g/mol. The van der Waals surface area contributed by atoms with Crippen LogP contribution in [-0.2, 0) is 6.54 Å². The van der Waals surface area contributed by atoms with Crippen LogP contribution in [0.3, 0.4) is 0 Å². The number of hydrogen-bond acceptors (Lipinski definition) is 2. The maximum atomic E-state index is 3.61. The van der Waals surface area contributed by atoms with Crippen LogP contribution in [0, 0.1) is 11.3 Å². The summed E-state index contributed by atoms with van der Waals surface area (Å²) in [6.07, 6.45) is 13.0. The lowest BCUT2D eigenvalue weighted by atomic mass is 9.69. The van der Waals surface area contributed by atoms with Crippen molar-refractivity contribution < 1.29 is 0 Å². The zero-order chi connectivity index (χ0) is 18.0. The molecule has 1 N–H and O–H groups in total. The summed E-state index contributed by atoms with van der Waals surface area (Å²) in [7, 11) is 0. The molecule has 0 amide bonds. The smallest absolute Gasteiger partial charge is 0.0375 e. The fourth-order valence-corrected chi connectivity index (χ4v) is 5.92. The Labute approximate surface area is 160 Å². The Morgan fingerprint density at radius 2 is 1.85 bits per heavy atom. The summed E-state index contributed by atoms with van der Waals surface area (Å²) in [5, 5.41) is 3.61. The van der Waals surface area contributed by atoms with Gasteiger partial charge in [-0.25, -0.2) is 0 Å². The van der Waals surface area contributed by atoms with E-state index in [0.717, 1.165) is 24.9 Å². The van der Waals surface area contributed by atoms with Gasteiger partial charge in [0.25, 0.3) is 0 Å². The minimum atomic E-state index is 0.704. The van der Waals surface area contributed by atoms with E-state index in [2.05, 4.69) is 42.3 Å². The SMILES string of the molecule is CC(C)C1CCNc2ccc(CN3CCCC4(CCCCC4)CC3)cc21. The summed E-state index contributed by atoms with van der Waals surface area (Å²) in [6.45, 7) is 9.64. The zero-order valence-corrected chi connectivity index (χ0v) is 17.0. The van der Waals surface area contributed by atoms with Gasteiger partial charge in [-0.2, -0.15) is 0 Å². The second-order valence-electron chi connectivity index (χ2n) is 9.68. The van der Waals surface area contributed by atoms with Crippen molar-refractivity contribution in [3.63, 3.8) is 0 Å². The van der Waals surface area contributed by atoms with Crippen molar-refractivity contribution in [3.8, 4) is 0 Å². The molecule has 1 aromatic carbocycles. The number of rotatable bonds is 3. The molecule has 1 unspecified atom stereocenters. The monoisotopic (exact) mass is 354 g/mol. The molecule has 4 rings (SSSR count). The number of likely N-dealkylation sites (tertiary alicyclic amines) is 1. The maximum absolute atomic E-state index is 3.61. The molecule has 3 aliphatic rings. The Morgan fingerprint density at radius 3 is 2.65 bits per heavy atom. The molecule has 1 aliphatic carbocycles. The minimum Gasteiger partial charge on any atom is -0.385 e. The van der Waals surface area contributed by atoms with Crippen LogP contribution in [0.25, 0.3) is 0 Å². The van der Waals surface area contributed by atoms with Crippen molar-refractivity contribution in [1.29, 1.82) is 0 Å². The van der Waals surface area contributed by atoms with Gasteiger partial charge in [-0.3, -0.25) is 4.90 Å². The van der Waals surface area contributed by atoms with E-state index in [-0.39, 0.29) is 0 Å². The van der Waals surface area contributed by atoms with Gasteiger partial charge in [0.05, 0.1) is 0 Å². The Hall–Kier alpha value is -1.02. The van der Waals surface area contributed by atoms with E-state index in [9.17, 15) is 0 Å². The van der Waals surface area contributed by atoms with Gasteiger partial charge >= 0.3 is 0 Å². The van der Waals surface area contributed by atoms with Gasteiger partial charge in [0.1, 0.15) is 0 Å². The van der Waals surface area contributed by atoms with E-state index in [1.165, 1.54) is 82.1 Å². The second kappa shape index (κ2) is 7.92. The third-order valence-electron chi connectivity index (χ3n) is 7.55. The van der Waals surface area contributed by atoms with Gasteiger partial charge in [-0.15, -0.1) is 0 Å². The van der Waals surface area contributed by atoms with E-state index < -0.39 is 0 Å². The molecule has 1 spiro atoms. The first kappa shape index (κ1) is 18.3. The summed E-state index contributed by atoms with van der Waals surface area (Å²) in [5.41, 5.74) is 5.19. The van der Waals surface area contributed by atoms with Crippen LogP contribution >= 0.6 is 0 Å². The quantitative estimate of drug-likeness (QED) is 0.697. The molecule has 2 fully saturated rings. The summed E-state index contributed by atoms with van der Waals surface area (Å²) >= 11 is 0. The number of fused-ring (bicyclic) bond motifs is 1. The highest BCUT2D eigenvalue weighted by Gasteiger charge is 2.33. The topological polar surface area (TPSA) is 15.3 Å². The summed E-state index contributed by atoms with van der Waals surface area (Å²) in [5.74, 6) is 1.45. The number of anilines is 1. The van der Waals surface area contributed by atoms with Gasteiger partial charge in [0.15, 0.2) is 0 Å². The normalized spacial score (nSPS) is 26.3. The molecule has 2 aliphatic heterocycles. The van der Waals surface area contributed by atoms with Gasteiger partial charge in [-0.1, -0.05) is 45.2 Å². The molecule has 2 heterocycles. The zero-order valence-electron chi connectivity index (χ0n) is 17.0. The molecule has 1 aromatic rings. The number of nitrogens with one attached hydrogen (secondary N) is 1. The molecule has 2 nitrogen and oxygen atoms in total. The van der Waals surface area contributed by atoms with Crippen molar-refractivity contribution in [2.75, 3.05) is 25.0 Å². The lowest BCUT2D eigenvalue weighted by Gasteiger charge is -2.36. The average molecular weight is 355 g/mol. The van der Waals surface area contributed by atoms with E-state index in [1.807, 2.05) is 0 Å². The first-order valence-electron chi connectivity index (χ1n) is 11.2. The van der Waals surface area contributed by atoms with Crippen molar-refractivity contribution in [2.24, 2.45) is 11.3 Å². The van der Waals surface area contributed by atoms with E-state index >= 15 is 0 Å². The van der Waals surface area contributed by atoms with Crippen LogP contribution in [0.5, 0.6) is 0 Å². The Balaban J connectivity index is 1.43. The minimum absolute atomic E-state index is 0.704. The molecular formula is C24H38N2. The average Bonchev–Trinajstić information content (AvgIpc) is 2.84. The van der Waals surface area contributed by atoms with Crippen molar-refractivity contribution >= 4 is 5.69 Å². The van der Waals surface area contributed by atoms with Crippen LogP contribution in [-0.4, -0.2) is 24.5 Å². The predicted octanol–water partition coefficient (Wildman–Crippen LogP) is 6.18. The fraction of sp³-hybridized carbons (Fsp3) is 0.750. The largest absolute Gasteiger partial charge is 0.385 e. The van der Waals surface area contributed by atoms with Crippen LogP contribution in [0.15, 0.2) is 18.2 Å². The Kier molecular flexibility index (Phi) is 5.59. The molecule has 2 heteroatoms. The third kappa shape index (κ3) is 3.96. The van der Waals surface area contributed by atoms with E-state index in [0.29, 0.717) is 5.41 Å². The van der Waals surface area contributed by atoms with Crippen LogP contribution in [0.4, 0.5) is 5.69 Å². The number of benzene rings is 1. The van der Waals surface area contributed by atoms with Crippen molar-refractivity contribution in [1.82, 2.24) is 4.90 Å². The second-order valence-corrected chi connectivity index (χ2v) is 9.68. The van der Waals surface area contributed by atoms with Crippen LogP contribution < -0.4 is 5.32 Å². The Morgan fingerprint density at radius 1 is 1.04 bits per heavy atom. The fourth-order valence-electron chi connectivity index (χ4n) is 5.92. The first-order chi connectivity index (χ1) is 12.7. The van der Waals surface area contributed by atoms with Crippen molar-refractivity contribution in [3.05, 3.63) is 29.3 Å².